The number of benzene rings is 1. The number of halogens is 1. The summed E-state index contributed by atoms with van der Waals surface area (Å²) < 4.78 is 0. The lowest BCUT2D eigenvalue weighted by Crippen LogP contribution is -2.39. The molecule has 114 valence electrons. The van der Waals surface area contributed by atoms with Crippen molar-refractivity contribution in [3.8, 4) is 0 Å². The van der Waals surface area contributed by atoms with Gasteiger partial charge in [-0.3, -0.25) is 9.59 Å². The second-order valence-corrected chi connectivity index (χ2v) is 5.94. The van der Waals surface area contributed by atoms with Crippen LogP contribution in [0.3, 0.4) is 0 Å². The topological polar surface area (TPSA) is 37.4 Å². The summed E-state index contributed by atoms with van der Waals surface area (Å²) in [4.78, 5) is 26.3. The van der Waals surface area contributed by atoms with Gasteiger partial charge in [0.2, 0.25) is 5.91 Å². The number of nitrogens with zero attached hydrogens (tertiary/aromatic N) is 1. The van der Waals surface area contributed by atoms with E-state index in [0.717, 1.165) is 30.5 Å². The number of fused-ring (bicyclic) bond motifs is 1. The van der Waals surface area contributed by atoms with Gasteiger partial charge in [0.15, 0.2) is 5.78 Å². The number of carbonyl (C=O) groups is 2. The first-order chi connectivity index (χ1) is 10.0. The van der Waals surface area contributed by atoms with Crippen molar-refractivity contribution in [2.45, 2.75) is 46.1 Å². The van der Waals surface area contributed by atoms with E-state index < -0.39 is 0 Å². The Hall–Kier alpha value is -1.35. The Morgan fingerprint density at radius 2 is 2.00 bits per heavy atom. The molecule has 0 bridgehead atoms. The van der Waals surface area contributed by atoms with E-state index in [0.29, 0.717) is 5.56 Å². The van der Waals surface area contributed by atoms with Crippen LogP contribution in [0.25, 0.3) is 0 Å². The molecule has 0 radical (unpaired) electrons. The molecule has 1 aliphatic heterocycles. The summed E-state index contributed by atoms with van der Waals surface area (Å²) in [6.07, 6.45) is 2.51. The minimum atomic E-state index is -0.0723. The monoisotopic (exact) mass is 307 g/mol. The molecule has 0 N–H and O–H groups in total. The van der Waals surface area contributed by atoms with Gasteiger partial charge in [-0.15, -0.1) is 11.6 Å². The number of hydrogen-bond acceptors (Lipinski definition) is 2. The van der Waals surface area contributed by atoms with Gasteiger partial charge >= 0.3 is 0 Å². The van der Waals surface area contributed by atoms with Crippen molar-refractivity contribution in [1.82, 2.24) is 0 Å². The highest BCUT2D eigenvalue weighted by Crippen LogP contribution is 2.34. The lowest BCUT2D eigenvalue weighted by Gasteiger charge is -2.26. The maximum atomic E-state index is 12.7. The van der Waals surface area contributed by atoms with Gasteiger partial charge in [-0.05, 0) is 49.9 Å². The lowest BCUT2D eigenvalue weighted by molar-refractivity contribution is -0.122. The van der Waals surface area contributed by atoms with Gasteiger partial charge in [-0.25, -0.2) is 0 Å². The number of alkyl halides is 1. The van der Waals surface area contributed by atoms with Crippen LogP contribution in [-0.2, 0) is 11.2 Å². The van der Waals surface area contributed by atoms with E-state index in [1.165, 1.54) is 0 Å². The normalized spacial score (nSPS) is 17.2. The van der Waals surface area contributed by atoms with E-state index in [-0.39, 0.29) is 29.5 Å². The molecule has 2 rings (SSSR count). The SMILES string of the molecule is CCC(CC)C(=O)N1c2ccc(C(=O)CCl)cc2CC1C. The van der Waals surface area contributed by atoms with Gasteiger partial charge in [-0.1, -0.05) is 13.8 Å². The summed E-state index contributed by atoms with van der Waals surface area (Å²) in [5, 5.41) is 0. The lowest BCUT2D eigenvalue weighted by atomic mass is 10.0. The Balaban J connectivity index is 2.33. The fourth-order valence-electron chi connectivity index (χ4n) is 3.05. The molecular formula is C17H22ClNO2. The van der Waals surface area contributed by atoms with Crippen LogP contribution in [0.4, 0.5) is 5.69 Å². The molecule has 3 nitrogen and oxygen atoms in total. The van der Waals surface area contributed by atoms with Crippen molar-refractivity contribution in [2.24, 2.45) is 5.92 Å². The quantitative estimate of drug-likeness (QED) is 0.612. The van der Waals surface area contributed by atoms with Gasteiger partial charge in [0.1, 0.15) is 0 Å². The zero-order chi connectivity index (χ0) is 15.6. The predicted octanol–water partition coefficient (Wildman–Crippen LogP) is 3.82. The molecule has 0 fully saturated rings. The summed E-state index contributed by atoms with van der Waals surface area (Å²) in [6.45, 7) is 6.16. The molecule has 0 saturated carbocycles. The molecule has 0 aromatic heterocycles. The third-order valence-electron chi connectivity index (χ3n) is 4.31. The Kier molecular flexibility index (Phi) is 5.04. The van der Waals surface area contributed by atoms with Crippen LogP contribution in [0.5, 0.6) is 0 Å². The van der Waals surface area contributed by atoms with Gasteiger partial charge in [0.05, 0.1) is 5.88 Å². The minimum absolute atomic E-state index is 0.00920. The van der Waals surface area contributed by atoms with Crippen molar-refractivity contribution in [2.75, 3.05) is 10.8 Å². The molecule has 1 unspecified atom stereocenters. The van der Waals surface area contributed by atoms with Crippen molar-refractivity contribution in [1.29, 1.82) is 0 Å². The molecule has 21 heavy (non-hydrogen) atoms. The fraction of sp³-hybridized carbons (Fsp3) is 0.529. The van der Waals surface area contributed by atoms with Crippen molar-refractivity contribution in [3.63, 3.8) is 0 Å². The number of Topliss-reactive ketones (excluding diaryl/α,β-unsaturated/α-hetero) is 1. The van der Waals surface area contributed by atoms with E-state index in [9.17, 15) is 9.59 Å². The third-order valence-corrected chi connectivity index (χ3v) is 4.55. The largest absolute Gasteiger partial charge is 0.309 e. The van der Waals surface area contributed by atoms with Crippen LogP contribution in [0, 0.1) is 5.92 Å². The molecule has 0 aliphatic carbocycles. The first kappa shape index (κ1) is 16.0. The summed E-state index contributed by atoms with van der Waals surface area (Å²) in [6, 6.07) is 5.69. The van der Waals surface area contributed by atoms with E-state index in [2.05, 4.69) is 20.8 Å². The minimum Gasteiger partial charge on any atom is -0.309 e. The molecule has 1 aliphatic rings. The van der Waals surface area contributed by atoms with E-state index in [4.69, 9.17) is 11.6 Å². The Bertz CT molecular complexity index is 552. The van der Waals surface area contributed by atoms with Crippen molar-refractivity contribution in [3.05, 3.63) is 29.3 Å². The summed E-state index contributed by atoms with van der Waals surface area (Å²) in [5.41, 5.74) is 2.65. The molecule has 4 heteroatoms. The Morgan fingerprint density at radius 3 is 2.57 bits per heavy atom. The molecule has 1 atom stereocenters. The zero-order valence-corrected chi connectivity index (χ0v) is 13.6. The number of hydrogen-bond donors (Lipinski definition) is 0. The first-order valence-corrected chi connectivity index (χ1v) is 8.12. The maximum Gasteiger partial charge on any atom is 0.230 e. The summed E-state index contributed by atoms with van der Waals surface area (Å²) >= 11 is 5.61. The van der Waals surface area contributed by atoms with Crippen LogP contribution in [0.1, 0.15) is 49.5 Å². The standard InChI is InChI=1S/C17H22ClNO2/c1-4-12(5-2)17(21)19-11(3)8-14-9-13(16(20)10-18)6-7-15(14)19/h6-7,9,11-12H,4-5,8,10H2,1-3H3. The van der Waals surface area contributed by atoms with Gasteiger partial charge in [-0.2, -0.15) is 0 Å². The fourth-order valence-corrected chi connectivity index (χ4v) is 3.21. The molecule has 1 amide bonds. The van der Waals surface area contributed by atoms with Crippen LogP contribution < -0.4 is 4.90 Å². The molecule has 1 aromatic rings. The third kappa shape index (κ3) is 2.98. The van der Waals surface area contributed by atoms with E-state index in [1.807, 2.05) is 17.0 Å². The van der Waals surface area contributed by atoms with Crippen molar-refractivity contribution < 1.29 is 9.59 Å². The molecular weight excluding hydrogens is 286 g/mol. The maximum absolute atomic E-state index is 12.7. The number of ketones is 1. The average molecular weight is 308 g/mol. The summed E-state index contributed by atoms with van der Waals surface area (Å²) in [7, 11) is 0. The highest BCUT2D eigenvalue weighted by Gasteiger charge is 2.33. The number of carbonyl (C=O) groups excluding carboxylic acids is 2. The molecule has 1 heterocycles. The zero-order valence-electron chi connectivity index (χ0n) is 12.9. The molecule has 1 aromatic carbocycles. The van der Waals surface area contributed by atoms with Crippen LogP contribution in [0.2, 0.25) is 0 Å². The van der Waals surface area contributed by atoms with Gasteiger partial charge < -0.3 is 4.90 Å². The molecule has 0 spiro atoms. The second-order valence-electron chi connectivity index (χ2n) is 5.68. The Labute approximate surface area is 131 Å². The highest BCUT2D eigenvalue weighted by atomic mass is 35.5. The van der Waals surface area contributed by atoms with Gasteiger partial charge in [0.25, 0.3) is 0 Å². The number of anilines is 1. The number of amides is 1. The van der Waals surface area contributed by atoms with Crippen LogP contribution in [-0.4, -0.2) is 23.6 Å². The van der Waals surface area contributed by atoms with E-state index in [1.54, 1.807) is 6.07 Å². The smallest absolute Gasteiger partial charge is 0.230 e. The highest BCUT2D eigenvalue weighted by molar-refractivity contribution is 6.30. The van der Waals surface area contributed by atoms with E-state index >= 15 is 0 Å². The van der Waals surface area contributed by atoms with Crippen molar-refractivity contribution >= 4 is 29.0 Å². The average Bonchev–Trinajstić information content (AvgIpc) is 2.82. The van der Waals surface area contributed by atoms with Gasteiger partial charge in [0, 0.05) is 23.2 Å². The van der Waals surface area contributed by atoms with Crippen LogP contribution in [0.15, 0.2) is 18.2 Å². The van der Waals surface area contributed by atoms with Crippen LogP contribution >= 0.6 is 11.6 Å². The number of rotatable bonds is 5. The first-order valence-electron chi connectivity index (χ1n) is 7.58. The summed E-state index contributed by atoms with van der Waals surface area (Å²) in [5.74, 6) is 0.187. The predicted molar refractivity (Wildman–Crippen MR) is 86.2 cm³/mol. The second kappa shape index (κ2) is 6.61. The Morgan fingerprint density at radius 1 is 1.33 bits per heavy atom. The molecule has 0 saturated heterocycles.